The van der Waals surface area contributed by atoms with Crippen molar-refractivity contribution in [3.05, 3.63) is 46.6 Å². The van der Waals surface area contributed by atoms with Crippen molar-refractivity contribution in [2.45, 2.75) is 0 Å². The highest BCUT2D eigenvalue weighted by Crippen LogP contribution is 2.23. The average Bonchev–Trinajstić information content (AvgIpc) is 2.84. The van der Waals surface area contributed by atoms with Crippen LogP contribution in [0.15, 0.2) is 35.3 Å². The number of aromatic amines is 2. The van der Waals surface area contributed by atoms with E-state index < -0.39 is 24.2 Å². The van der Waals surface area contributed by atoms with E-state index in [1.54, 1.807) is 18.2 Å². The normalized spacial score (nSPS) is 10.0. The Balaban J connectivity index is 2.14. The molecule has 0 radical (unpaired) electrons. The molecule has 0 aliphatic rings. The number of carboxylic acid groups (broad SMARTS) is 1. The lowest BCUT2D eigenvalue weighted by molar-refractivity contribution is -0.139. The highest BCUT2D eigenvalue weighted by Gasteiger charge is 2.12. The summed E-state index contributed by atoms with van der Waals surface area (Å²) in [5.74, 6) is -1.45. The van der Waals surface area contributed by atoms with Gasteiger partial charge in [-0.15, -0.1) is 0 Å². The van der Waals surface area contributed by atoms with Gasteiger partial charge in [-0.25, -0.2) is 9.59 Å². The van der Waals surface area contributed by atoms with Crippen LogP contribution < -0.4 is 15.7 Å². The van der Waals surface area contributed by atoms with Crippen molar-refractivity contribution < 1.29 is 19.4 Å². The van der Waals surface area contributed by atoms with Crippen LogP contribution in [0.1, 0.15) is 10.5 Å². The molecule has 104 valence electrons. The summed E-state index contributed by atoms with van der Waals surface area (Å²) in [6, 6.07) is 6.38. The first-order chi connectivity index (χ1) is 9.56. The number of amides is 1. The Morgan fingerprint density at radius 1 is 1.30 bits per heavy atom. The fraction of sp³-hybridized carbons (Fsp3) is 0.0833. The topological polar surface area (TPSA) is 124 Å². The van der Waals surface area contributed by atoms with Crippen molar-refractivity contribution in [2.24, 2.45) is 0 Å². The molecule has 0 aliphatic carbocycles. The lowest BCUT2D eigenvalue weighted by Gasteiger charge is -2.10. The van der Waals surface area contributed by atoms with E-state index in [2.05, 4.69) is 15.3 Å². The third-order valence-electron chi connectivity index (χ3n) is 2.33. The fourth-order valence-corrected chi connectivity index (χ4v) is 1.48. The van der Waals surface area contributed by atoms with E-state index in [1.165, 1.54) is 12.3 Å². The number of carboxylic acids is 1. The Hall–Kier alpha value is -3.03. The summed E-state index contributed by atoms with van der Waals surface area (Å²) in [4.78, 5) is 37.8. The van der Waals surface area contributed by atoms with Crippen LogP contribution in [0.2, 0.25) is 0 Å². The number of nitrogens with one attached hydrogen (secondary N) is 3. The molecule has 20 heavy (non-hydrogen) atoms. The van der Waals surface area contributed by atoms with Gasteiger partial charge in [0.15, 0.2) is 6.61 Å². The van der Waals surface area contributed by atoms with E-state index >= 15 is 0 Å². The number of benzene rings is 1. The smallest absolute Gasteiger partial charge is 0.341 e. The maximum Gasteiger partial charge on any atom is 0.341 e. The van der Waals surface area contributed by atoms with E-state index in [0.29, 0.717) is 5.69 Å². The summed E-state index contributed by atoms with van der Waals surface area (Å²) < 4.78 is 5.05. The quantitative estimate of drug-likeness (QED) is 0.630. The first-order valence-corrected chi connectivity index (χ1v) is 5.59. The van der Waals surface area contributed by atoms with Crippen LogP contribution in [-0.2, 0) is 4.79 Å². The van der Waals surface area contributed by atoms with Gasteiger partial charge in [-0.05, 0) is 12.1 Å². The number of hydrogen-bond donors (Lipinski definition) is 4. The van der Waals surface area contributed by atoms with Crippen LogP contribution in [0, 0.1) is 0 Å². The molecule has 1 amide bonds. The largest absolute Gasteiger partial charge is 0.480 e. The molecule has 0 unspecified atom stereocenters. The van der Waals surface area contributed by atoms with Gasteiger partial charge in [-0.3, -0.25) is 4.79 Å². The molecule has 8 nitrogen and oxygen atoms in total. The lowest BCUT2D eigenvalue weighted by Crippen LogP contribution is -2.16. The second-order valence-corrected chi connectivity index (χ2v) is 3.79. The number of rotatable bonds is 5. The zero-order valence-electron chi connectivity index (χ0n) is 10.2. The molecule has 0 saturated heterocycles. The van der Waals surface area contributed by atoms with Crippen LogP contribution in [-0.4, -0.2) is 33.6 Å². The van der Waals surface area contributed by atoms with E-state index in [0.717, 1.165) is 0 Å². The van der Waals surface area contributed by atoms with Crippen LogP contribution in [0.4, 0.5) is 5.69 Å². The Kier molecular flexibility index (Phi) is 3.85. The molecule has 1 aromatic carbocycles. The molecule has 1 heterocycles. The molecule has 0 spiro atoms. The van der Waals surface area contributed by atoms with Crippen LogP contribution in [0.5, 0.6) is 5.75 Å². The summed E-state index contributed by atoms with van der Waals surface area (Å²) >= 11 is 0. The van der Waals surface area contributed by atoms with Gasteiger partial charge in [-0.2, -0.15) is 0 Å². The molecule has 4 N–H and O–H groups in total. The molecule has 0 saturated carbocycles. The van der Waals surface area contributed by atoms with E-state index in [9.17, 15) is 14.4 Å². The Morgan fingerprint density at radius 2 is 2.05 bits per heavy atom. The zero-order chi connectivity index (χ0) is 14.5. The van der Waals surface area contributed by atoms with Crippen molar-refractivity contribution >= 4 is 17.6 Å². The number of carbonyl (C=O) groups is 2. The molecule has 2 rings (SSSR count). The number of ether oxygens (including phenoxy) is 1. The molecule has 8 heteroatoms. The number of hydrogen-bond acceptors (Lipinski definition) is 4. The lowest BCUT2D eigenvalue weighted by atomic mass is 10.3. The number of aromatic nitrogens is 2. The zero-order valence-corrected chi connectivity index (χ0v) is 10.2. The molecule has 1 aromatic heterocycles. The summed E-state index contributed by atoms with van der Waals surface area (Å²) in [6.07, 6.45) is 1.23. The average molecular weight is 277 g/mol. The van der Waals surface area contributed by atoms with Crippen molar-refractivity contribution in [3.63, 3.8) is 0 Å². The fourth-order valence-electron chi connectivity index (χ4n) is 1.48. The summed E-state index contributed by atoms with van der Waals surface area (Å²) in [5, 5.41) is 11.1. The summed E-state index contributed by atoms with van der Waals surface area (Å²) in [7, 11) is 0. The maximum absolute atomic E-state index is 11.8. The number of para-hydroxylation sites is 2. The standard InChI is InChI=1S/C12H11N3O5/c16-10(17)6-20-9-4-2-1-3-7(9)14-11(18)8-5-13-12(19)15-8/h1-5H,6H2,(H,14,18)(H,16,17)(H2,13,15,19). The van der Waals surface area contributed by atoms with Gasteiger partial charge < -0.3 is 25.1 Å². The second-order valence-electron chi connectivity index (χ2n) is 3.79. The molecular formula is C12H11N3O5. The van der Waals surface area contributed by atoms with E-state index in [1.807, 2.05) is 0 Å². The number of H-pyrrole nitrogens is 2. The van der Waals surface area contributed by atoms with Crippen LogP contribution in [0.3, 0.4) is 0 Å². The van der Waals surface area contributed by atoms with Gasteiger partial charge in [0.25, 0.3) is 5.91 Å². The monoisotopic (exact) mass is 277 g/mol. The predicted molar refractivity (Wildman–Crippen MR) is 68.9 cm³/mol. The maximum atomic E-state index is 11.8. The Labute approximate surface area is 112 Å². The molecule has 0 aliphatic heterocycles. The SMILES string of the molecule is O=C(O)COc1ccccc1NC(=O)c1c[nH]c(=O)[nH]1. The van der Waals surface area contributed by atoms with Gasteiger partial charge in [0.1, 0.15) is 11.4 Å². The minimum atomic E-state index is -1.12. The van der Waals surface area contributed by atoms with Crippen molar-refractivity contribution in [2.75, 3.05) is 11.9 Å². The van der Waals surface area contributed by atoms with Crippen molar-refractivity contribution in [1.82, 2.24) is 9.97 Å². The molecular weight excluding hydrogens is 266 g/mol. The minimum Gasteiger partial charge on any atom is -0.480 e. The summed E-state index contributed by atoms with van der Waals surface area (Å²) in [6.45, 7) is -0.520. The van der Waals surface area contributed by atoms with E-state index in [-0.39, 0.29) is 11.4 Å². The highest BCUT2D eigenvalue weighted by atomic mass is 16.5. The number of carbonyl (C=O) groups excluding carboxylic acids is 1. The summed E-state index contributed by atoms with van der Waals surface area (Å²) in [5.41, 5.74) is -0.130. The van der Waals surface area contributed by atoms with Gasteiger partial charge in [0.2, 0.25) is 0 Å². The molecule has 2 aromatic rings. The van der Waals surface area contributed by atoms with Gasteiger partial charge in [-0.1, -0.05) is 12.1 Å². The molecule has 0 atom stereocenters. The minimum absolute atomic E-state index is 0.0584. The Morgan fingerprint density at radius 3 is 2.70 bits per heavy atom. The number of aliphatic carboxylic acids is 1. The van der Waals surface area contributed by atoms with Crippen molar-refractivity contribution in [3.8, 4) is 5.75 Å². The van der Waals surface area contributed by atoms with Crippen LogP contribution >= 0.6 is 0 Å². The second kappa shape index (κ2) is 5.74. The number of anilines is 1. The molecule has 0 bridgehead atoms. The predicted octanol–water partition coefficient (Wildman–Crippen LogP) is 0.419. The third-order valence-corrected chi connectivity index (χ3v) is 2.33. The van der Waals surface area contributed by atoms with Gasteiger partial charge in [0, 0.05) is 6.20 Å². The highest BCUT2D eigenvalue weighted by molar-refractivity contribution is 6.03. The third kappa shape index (κ3) is 3.25. The van der Waals surface area contributed by atoms with Crippen LogP contribution in [0.25, 0.3) is 0 Å². The van der Waals surface area contributed by atoms with Gasteiger partial charge >= 0.3 is 11.7 Å². The molecule has 0 fully saturated rings. The van der Waals surface area contributed by atoms with E-state index in [4.69, 9.17) is 9.84 Å². The number of imidazole rings is 1. The first-order valence-electron chi connectivity index (χ1n) is 5.59. The van der Waals surface area contributed by atoms with Gasteiger partial charge in [0.05, 0.1) is 5.69 Å². The van der Waals surface area contributed by atoms with Crippen molar-refractivity contribution in [1.29, 1.82) is 0 Å². The Bertz CT molecular complexity index is 688. The first kappa shape index (κ1) is 13.4.